The van der Waals surface area contributed by atoms with E-state index in [9.17, 15) is 0 Å². The molecule has 98 valence electrons. The Kier molecular flexibility index (Phi) is 3.94. The molecule has 0 aromatic rings. The predicted molar refractivity (Wildman–Crippen MR) is 69.9 cm³/mol. The van der Waals surface area contributed by atoms with E-state index in [4.69, 9.17) is 9.47 Å². The van der Waals surface area contributed by atoms with Crippen molar-refractivity contribution in [1.82, 2.24) is 0 Å². The summed E-state index contributed by atoms with van der Waals surface area (Å²) < 4.78 is 11.1. The largest absolute Gasteiger partial charge is 0.384 e. The van der Waals surface area contributed by atoms with Crippen LogP contribution in [0.15, 0.2) is 12.2 Å². The van der Waals surface area contributed by atoms with E-state index in [1.807, 2.05) is 14.2 Å². The topological polar surface area (TPSA) is 18.5 Å². The van der Waals surface area contributed by atoms with Crippen molar-refractivity contribution < 1.29 is 9.47 Å². The van der Waals surface area contributed by atoms with Crippen LogP contribution in [0.5, 0.6) is 0 Å². The number of rotatable bonds is 6. The standard InChI is InChI=1S/C15H26O2/c1-11(2)15(9-16-3,10-17-4)14-8-12-5-6-13(14)7-12/h5-6,11-14H,7-10H2,1-4H3. The van der Waals surface area contributed by atoms with Gasteiger partial charge in [0.25, 0.3) is 0 Å². The van der Waals surface area contributed by atoms with Crippen LogP contribution in [-0.4, -0.2) is 27.4 Å². The zero-order valence-electron chi connectivity index (χ0n) is 11.6. The quantitative estimate of drug-likeness (QED) is 0.662. The van der Waals surface area contributed by atoms with Crippen LogP contribution in [0.1, 0.15) is 26.7 Å². The van der Waals surface area contributed by atoms with E-state index < -0.39 is 0 Å². The van der Waals surface area contributed by atoms with Crippen LogP contribution >= 0.6 is 0 Å². The Balaban J connectivity index is 2.22. The molecule has 0 aromatic heterocycles. The molecule has 0 saturated heterocycles. The minimum absolute atomic E-state index is 0.188. The average Bonchev–Trinajstić information content (AvgIpc) is 2.90. The van der Waals surface area contributed by atoms with Gasteiger partial charge in [-0.3, -0.25) is 0 Å². The molecule has 0 amide bonds. The Bertz CT molecular complexity index is 277. The molecule has 1 saturated carbocycles. The number of hydrogen-bond donors (Lipinski definition) is 0. The van der Waals surface area contributed by atoms with Crippen LogP contribution in [-0.2, 0) is 9.47 Å². The molecular formula is C15H26O2. The first-order valence-electron chi connectivity index (χ1n) is 6.80. The number of hydrogen-bond acceptors (Lipinski definition) is 2. The molecule has 1 fully saturated rings. The Morgan fingerprint density at radius 1 is 1.12 bits per heavy atom. The predicted octanol–water partition coefficient (Wildman–Crippen LogP) is 3.13. The Morgan fingerprint density at radius 2 is 1.76 bits per heavy atom. The van der Waals surface area contributed by atoms with E-state index in [1.54, 1.807) is 0 Å². The maximum atomic E-state index is 5.54. The summed E-state index contributed by atoms with van der Waals surface area (Å²) in [5, 5.41) is 0. The molecule has 2 bridgehead atoms. The van der Waals surface area contributed by atoms with E-state index >= 15 is 0 Å². The highest BCUT2D eigenvalue weighted by Gasteiger charge is 2.50. The lowest BCUT2D eigenvalue weighted by molar-refractivity contribution is -0.0684. The third kappa shape index (κ3) is 2.17. The third-order valence-corrected chi connectivity index (χ3v) is 4.99. The monoisotopic (exact) mass is 238 g/mol. The van der Waals surface area contributed by atoms with Crippen LogP contribution in [0.25, 0.3) is 0 Å². The maximum Gasteiger partial charge on any atom is 0.0546 e. The molecular weight excluding hydrogens is 212 g/mol. The first-order chi connectivity index (χ1) is 8.14. The zero-order valence-corrected chi connectivity index (χ0v) is 11.6. The van der Waals surface area contributed by atoms with Gasteiger partial charge in [-0.1, -0.05) is 26.0 Å². The molecule has 3 unspecified atom stereocenters. The molecule has 2 aliphatic carbocycles. The Hall–Kier alpha value is -0.340. The van der Waals surface area contributed by atoms with Crippen molar-refractivity contribution in [2.24, 2.45) is 29.1 Å². The zero-order chi connectivity index (χ0) is 12.5. The number of fused-ring (bicyclic) bond motifs is 2. The summed E-state index contributed by atoms with van der Waals surface area (Å²) in [6.45, 7) is 6.27. The second-order valence-electron chi connectivity index (χ2n) is 6.14. The van der Waals surface area contributed by atoms with Crippen molar-refractivity contribution in [3.63, 3.8) is 0 Å². The summed E-state index contributed by atoms with van der Waals surface area (Å²) in [4.78, 5) is 0. The lowest BCUT2D eigenvalue weighted by Gasteiger charge is -2.44. The van der Waals surface area contributed by atoms with Crippen molar-refractivity contribution in [3.05, 3.63) is 12.2 Å². The highest BCUT2D eigenvalue weighted by molar-refractivity contribution is 5.14. The summed E-state index contributed by atoms with van der Waals surface area (Å²) in [7, 11) is 3.63. The van der Waals surface area contributed by atoms with Crippen molar-refractivity contribution in [2.75, 3.05) is 27.4 Å². The smallest absolute Gasteiger partial charge is 0.0546 e. The molecule has 0 aromatic carbocycles. The fourth-order valence-corrected chi connectivity index (χ4v) is 4.00. The summed E-state index contributed by atoms with van der Waals surface area (Å²) in [6, 6.07) is 0. The average molecular weight is 238 g/mol. The Morgan fingerprint density at radius 3 is 2.12 bits per heavy atom. The lowest BCUT2D eigenvalue weighted by atomic mass is 9.64. The van der Waals surface area contributed by atoms with Gasteiger partial charge >= 0.3 is 0 Å². The van der Waals surface area contributed by atoms with Gasteiger partial charge in [0.05, 0.1) is 13.2 Å². The van der Waals surface area contributed by atoms with Gasteiger partial charge in [-0.2, -0.15) is 0 Å². The van der Waals surface area contributed by atoms with E-state index in [0.717, 1.165) is 31.0 Å². The fourth-order valence-electron chi connectivity index (χ4n) is 4.00. The molecule has 2 aliphatic rings. The number of allylic oxidation sites excluding steroid dienone is 2. The third-order valence-electron chi connectivity index (χ3n) is 4.99. The van der Waals surface area contributed by atoms with Gasteiger partial charge in [-0.05, 0) is 36.5 Å². The molecule has 2 rings (SSSR count). The van der Waals surface area contributed by atoms with Gasteiger partial charge in [0.2, 0.25) is 0 Å². The van der Waals surface area contributed by atoms with Crippen molar-refractivity contribution >= 4 is 0 Å². The summed E-state index contributed by atoms with van der Waals surface area (Å²) in [5.74, 6) is 2.90. The number of methoxy groups -OCH3 is 2. The van der Waals surface area contributed by atoms with Gasteiger partial charge < -0.3 is 9.47 Å². The second kappa shape index (κ2) is 5.11. The molecule has 3 atom stereocenters. The van der Waals surface area contributed by atoms with Gasteiger partial charge in [0, 0.05) is 19.6 Å². The van der Waals surface area contributed by atoms with E-state index in [0.29, 0.717) is 5.92 Å². The van der Waals surface area contributed by atoms with Crippen molar-refractivity contribution in [3.8, 4) is 0 Å². The van der Waals surface area contributed by atoms with Gasteiger partial charge in [0.15, 0.2) is 0 Å². The maximum absolute atomic E-state index is 5.54. The highest BCUT2D eigenvalue weighted by Crippen LogP contribution is 2.54. The van der Waals surface area contributed by atoms with Crippen LogP contribution in [0.2, 0.25) is 0 Å². The first-order valence-corrected chi connectivity index (χ1v) is 6.80. The normalized spacial score (nSPS) is 31.7. The molecule has 0 aliphatic heterocycles. The van der Waals surface area contributed by atoms with E-state index in [1.165, 1.54) is 12.8 Å². The lowest BCUT2D eigenvalue weighted by Crippen LogP contribution is -2.45. The van der Waals surface area contributed by atoms with Crippen LogP contribution in [0.4, 0.5) is 0 Å². The highest BCUT2D eigenvalue weighted by atomic mass is 16.5. The van der Waals surface area contributed by atoms with Gasteiger partial charge in [-0.25, -0.2) is 0 Å². The number of ether oxygens (including phenoxy) is 2. The van der Waals surface area contributed by atoms with Crippen LogP contribution < -0.4 is 0 Å². The van der Waals surface area contributed by atoms with Gasteiger partial charge in [-0.15, -0.1) is 0 Å². The molecule has 0 spiro atoms. The Labute approximate surface area is 105 Å². The fraction of sp³-hybridized carbons (Fsp3) is 0.867. The SMILES string of the molecule is COCC(COC)(C(C)C)C1CC2C=CC1C2. The van der Waals surface area contributed by atoms with Crippen LogP contribution in [0, 0.1) is 29.1 Å². The second-order valence-corrected chi connectivity index (χ2v) is 6.14. The van der Waals surface area contributed by atoms with Crippen molar-refractivity contribution in [2.45, 2.75) is 26.7 Å². The summed E-state index contributed by atoms with van der Waals surface area (Å²) in [5.41, 5.74) is 0.188. The minimum Gasteiger partial charge on any atom is -0.384 e. The van der Waals surface area contributed by atoms with E-state index in [-0.39, 0.29) is 5.41 Å². The molecule has 0 N–H and O–H groups in total. The first kappa shape index (κ1) is 13.1. The minimum atomic E-state index is 0.188. The molecule has 17 heavy (non-hydrogen) atoms. The van der Waals surface area contributed by atoms with E-state index in [2.05, 4.69) is 26.0 Å². The molecule has 0 radical (unpaired) electrons. The summed E-state index contributed by atoms with van der Waals surface area (Å²) >= 11 is 0. The molecule has 2 nitrogen and oxygen atoms in total. The van der Waals surface area contributed by atoms with Crippen LogP contribution in [0.3, 0.4) is 0 Å². The van der Waals surface area contributed by atoms with Crippen molar-refractivity contribution in [1.29, 1.82) is 0 Å². The molecule has 2 heteroatoms. The molecule has 0 heterocycles. The van der Waals surface area contributed by atoms with Gasteiger partial charge in [0.1, 0.15) is 0 Å². The summed E-state index contributed by atoms with van der Waals surface area (Å²) in [6.07, 6.45) is 7.52.